The number of aromatic nitrogens is 2. The fraction of sp³-hybridized carbons (Fsp3) is 0.333. The highest BCUT2D eigenvalue weighted by Crippen LogP contribution is 2.26. The lowest BCUT2D eigenvalue weighted by molar-refractivity contribution is -0.137. The molecule has 152 valence electrons. The van der Waals surface area contributed by atoms with Crippen LogP contribution in [0.4, 0.5) is 10.8 Å². The molecule has 0 unspecified atom stereocenters. The minimum absolute atomic E-state index is 0.0679. The Hall–Kier alpha value is -2.38. The molecule has 0 saturated heterocycles. The standard InChI is InChI=1S/C15H18N4O6S3/c1-24-11-6-4-10(5-7-11)19(28(3,22)23)8-12(20)16-14-17-18-15(27-14)26-9-13(21)25-2/h4-7H,8-9H2,1-3H3,(H,16,17,20). The molecule has 1 aromatic heterocycles. The van der Waals surface area contributed by atoms with Crippen molar-refractivity contribution in [2.24, 2.45) is 0 Å². The van der Waals surface area contributed by atoms with Gasteiger partial charge in [-0.05, 0) is 24.3 Å². The Kier molecular flexibility index (Phi) is 7.60. The lowest BCUT2D eigenvalue weighted by atomic mass is 10.3. The van der Waals surface area contributed by atoms with E-state index in [-0.39, 0.29) is 10.9 Å². The van der Waals surface area contributed by atoms with Gasteiger partial charge in [-0.2, -0.15) is 0 Å². The number of esters is 1. The van der Waals surface area contributed by atoms with Gasteiger partial charge in [-0.15, -0.1) is 10.2 Å². The lowest BCUT2D eigenvalue weighted by Crippen LogP contribution is -2.37. The van der Waals surface area contributed by atoms with Crippen LogP contribution in [0.3, 0.4) is 0 Å². The summed E-state index contributed by atoms with van der Waals surface area (Å²) in [5.41, 5.74) is 0.324. The minimum atomic E-state index is -3.70. The third-order valence-corrected chi connectivity index (χ3v) is 6.33. The summed E-state index contributed by atoms with van der Waals surface area (Å²) >= 11 is 2.19. The van der Waals surface area contributed by atoms with E-state index in [0.29, 0.717) is 15.8 Å². The second-order valence-electron chi connectivity index (χ2n) is 5.25. The maximum absolute atomic E-state index is 12.3. The molecule has 2 aromatic rings. The van der Waals surface area contributed by atoms with Gasteiger partial charge in [0.1, 0.15) is 12.3 Å². The molecular formula is C15H18N4O6S3. The van der Waals surface area contributed by atoms with Gasteiger partial charge >= 0.3 is 5.97 Å². The van der Waals surface area contributed by atoms with Gasteiger partial charge in [0.15, 0.2) is 4.34 Å². The van der Waals surface area contributed by atoms with Crippen LogP contribution in [0.25, 0.3) is 0 Å². The Morgan fingerprint density at radius 1 is 1.21 bits per heavy atom. The summed E-state index contributed by atoms with van der Waals surface area (Å²) in [5.74, 6) is -0.359. The van der Waals surface area contributed by atoms with Gasteiger partial charge < -0.3 is 9.47 Å². The van der Waals surface area contributed by atoms with Gasteiger partial charge in [0.2, 0.25) is 21.1 Å². The highest BCUT2D eigenvalue weighted by atomic mass is 32.2. The molecule has 1 amide bonds. The third-order valence-electron chi connectivity index (χ3n) is 3.24. The van der Waals surface area contributed by atoms with E-state index in [9.17, 15) is 18.0 Å². The van der Waals surface area contributed by atoms with Gasteiger partial charge in [0.05, 0.1) is 31.9 Å². The highest BCUT2D eigenvalue weighted by molar-refractivity contribution is 8.01. The average Bonchev–Trinajstić information content (AvgIpc) is 3.10. The Morgan fingerprint density at radius 3 is 2.46 bits per heavy atom. The molecule has 0 atom stereocenters. The van der Waals surface area contributed by atoms with Crippen molar-refractivity contribution in [2.75, 3.05) is 42.4 Å². The van der Waals surface area contributed by atoms with Crippen LogP contribution in [0.1, 0.15) is 0 Å². The number of hydrogen-bond acceptors (Lipinski definition) is 10. The van der Waals surface area contributed by atoms with Crippen LogP contribution in [-0.4, -0.2) is 63.3 Å². The normalized spacial score (nSPS) is 11.0. The summed E-state index contributed by atoms with van der Waals surface area (Å²) in [6, 6.07) is 6.28. The van der Waals surface area contributed by atoms with Crippen molar-refractivity contribution in [3.05, 3.63) is 24.3 Å². The van der Waals surface area contributed by atoms with Crippen LogP contribution >= 0.6 is 23.1 Å². The van der Waals surface area contributed by atoms with Crippen LogP contribution in [0.15, 0.2) is 28.6 Å². The maximum atomic E-state index is 12.3. The van der Waals surface area contributed by atoms with E-state index in [0.717, 1.165) is 33.7 Å². The van der Waals surface area contributed by atoms with E-state index in [1.54, 1.807) is 24.3 Å². The van der Waals surface area contributed by atoms with Crippen molar-refractivity contribution in [2.45, 2.75) is 4.34 Å². The fourth-order valence-electron chi connectivity index (χ4n) is 1.94. The number of amides is 1. The molecule has 0 saturated carbocycles. The lowest BCUT2D eigenvalue weighted by Gasteiger charge is -2.21. The maximum Gasteiger partial charge on any atom is 0.316 e. The molecule has 0 fully saturated rings. The van der Waals surface area contributed by atoms with Gasteiger partial charge in [-0.3, -0.25) is 19.2 Å². The van der Waals surface area contributed by atoms with E-state index in [1.165, 1.54) is 14.2 Å². The van der Waals surface area contributed by atoms with Crippen LogP contribution in [0, 0.1) is 0 Å². The number of benzene rings is 1. The Bertz CT molecular complexity index is 930. The van der Waals surface area contributed by atoms with Gasteiger partial charge in [0.25, 0.3) is 0 Å². The number of anilines is 2. The van der Waals surface area contributed by atoms with E-state index in [4.69, 9.17) is 4.74 Å². The number of nitrogens with one attached hydrogen (secondary N) is 1. The monoisotopic (exact) mass is 446 g/mol. The van der Waals surface area contributed by atoms with Crippen molar-refractivity contribution in [3.63, 3.8) is 0 Å². The van der Waals surface area contributed by atoms with E-state index in [1.807, 2.05) is 0 Å². The minimum Gasteiger partial charge on any atom is -0.497 e. The molecule has 0 radical (unpaired) electrons. The summed E-state index contributed by atoms with van der Waals surface area (Å²) in [6.07, 6.45) is 1.01. The van der Waals surface area contributed by atoms with Gasteiger partial charge in [-0.25, -0.2) is 8.42 Å². The summed E-state index contributed by atoms with van der Waals surface area (Å²) in [6.45, 7) is -0.435. The molecule has 2 rings (SSSR count). The number of hydrogen-bond donors (Lipinski definition) is 1. The van der Waals surface area contributed by atoms with E-state index in [2.05, 4.69) is 20.3 Å². The number of nitrogens with zero attached hydrogens (tertiary/aromatic N) is 3. The number of rotatable bonds is 9. The number of thioether (sulfide) groups is 1. The van der Waals surface area contributed by atoms with E-state index < -0.39 is 28.4 Å². The zero-order valence-electron chi connectivity index (χ0n) is 15.2. The molecule has 1 heterocycles. The van der Waals surface area contributed by atoms with Crippen LogP contribution < -0.4 is 14.4 Å². The van der Waals surface area contributed by atoms with Crippen LogP contribution in [0.2, 0.25) is 0 Å². The molecule has 0 spiro atoms. The van der Waals surface area contributed by atoms with Crippen molar-refractivity contribution in [1.82, 2.24) is 10.2 Å². The van der Waals surface area contributed by atoms with Gasteiger partial charge in [0, 0.05) is 0 Å². The molecule has 28 heavy (non-hydrogen) atoms. The number of ether oxygens (including phenoxy) is 2. The van der Waals surface area contributed by atoms with Crippen molar-refractivity contribution in [1.29, 1.82) is 0 Å². The molecule has 13 heteroatoms. The first-order valence-electron chi connectivity index (χ1n) is 7.67. The molecule has 10 nitrogen and oxygen atoms in total. The van der Waals surface area contributed by atoms with Gasteiger partial charge in [-0.1, -0.05) is 23.1 Å². The first-order valence-corrected chi connectivity index (χ1v) is 11.3. The number of carbonyl (C=O) groups is 2. The van der Waals surface area contributed by atoms with Crippen molar-refractivity contribution in [3.8, 4) is 5.75 Å². The molecule has 1 aromatic carbocycles. The Labute approximate surface area is 170 Å². The molecular weight excluding hydrogens is 428 g/mol. The SMILES string of the molecule is COC(=O)CSc1nnc(NC(=O)CN(c2ccc(OC)cc2)S(C)(=O)=O)s1. The first-order chi connectivity index (χ1) is 13.2. The number of sulfonamides is 1. The number of carbonyl (C=O) groups excluding carboxylic acids is 2. The molecule has 0 aliphatic rings. The predicted molar refractivity (Wildman–Crippen MR) is 106 cm³/mol. The van der Waals surface area contributed by atoms with Crippen LogP contribution in [0.5, 0.6) is 5.75 Å². The fourth-order valence-corrected chi connectivity index (χ4v) is 4.39. The zero-order chi connectivity index (χ0) is 20.7. The average molecular weight is 447 g/mol. The van der Waals surface area contributed by atoms with E-state index >= 15 is 0 Å². The second kappa shape index (κ2) is 9.71. The summed E-state index contributed by atoms with van der Waals surface area (Å²) in [7, 11) is -0.918. The predicted octanol–water partition coefficient (Wildman–Crippen LogP) is 1.22. The van der Waals surface area contributed by atoms with Crippen LogP contribution in [-0.2, 0) is 24.3 Å². The Morgan fingerprint density at radius 2 is 1.89 bits per heavy atom. The largest absolute Gasteiger partial charge is 0.497 e. The zero-order valence-corrected chi connectivity index (χ0v) is 17.7. The Balaban J connectivity index is 2.04. The molecule has 0 aliphatic heterocycles. The van der Waals surface area contributed by atoms with Crippen molar-refractivity contribution < 1.29 is 27.5 Å². The third kappa shape index (κ3) is 6.35. The summed E-state index contributed by atoms with van der Waals surface area (Å²) in [5, 5.41) is 10.3. The summed E-state index contributed by atoms with van der Waals surface area (Å²) < 4.78 is 35.2. The topological polar surface area (TPSA) is 128 Å². The molecule has 0 bridgehead atoms. The molecule has 1 N–H and O–H groups in total. The quantitative estimate of drug-likeness (QED) is 0.343. The second-order valence-corrected chi connectivity index (χ2v) is 9.36. The highest BCUT2D eigenvalue weighted by Gasteiger charge is 2.22. The number of methoxy groups -OCH3 is 2. The first kappa shape index (κ1) is 21.9. The van der Waals surface area contributed by atoms with Crippen molar-refractivity contribution >= 4 is 55.8 Å². The smallest absolute Gasteiger partial charge is 0.316 e. The molecule has 0 aliphatic carbocycles. The summed E-state index contributed by atoms with van der Waals surface area (Å²) in [4.78, 5) is 23.4.